The van der Waals surface area contributed by atoms with E-state index in [1.807, 2.05) is 38.1 Å². The van der Waals surface area contributed by atoms with Gasteiger partial charge in [-0.05, 0) is 48.7 Å². The molecule has 0 atom stereocenters. The van der Waals surface area contributed by atoms with Crippen LogP contribution in [0.15, 0.2) is 51.8 Å². The minimum atomic E-state index is -3.68. The lowest BCUT2D eigenvalue weighted by Gasteiger charge is -2.06. The predicted octanol–water partition coefficient (Wildman–Crippen LogP) is 4.55. The molecule has 0 spiro atoms. The van der Waals surface area contributed by atoms with Crippen molar-refractivity contribution >= 4 is 31.8 Å². The molecule has 0 amide bonds. The summed E-state index contributed by atoms with van der Waals surface area (Å²) in [6, 6.07) is 14.6. The van der Waals surface area contributed by atoms with E-state index >= 15 is 0 Å². The molecule has 2 aromatic carbocycles. The molecule has 5 heteroatoms. The topological polar surface area (TPSA) is 57.9 Å². The molecule has 0 heterocycles. The van der Waals surface area contributed by atoms with Gasteiger partial charge in [-0.2, -0.15) is 5.26 Å². The summed E-state index contributed by atoms with van der Waals surface area (Å²) in [5, 5.41) is 9.30. The number of rotatable bonds is 4. The van der Waals surface area contributed by atoms with Gasteiger partial charge in [0.25, 0.3) is 0 Å². The second kappa shape index (κ2) is 7.12. The van der Waals surface area contributed by atoms with Gasteiger partial charge in [0, 0.05) is 4.47 Å². The van der Waals surface area contributed by atoms with E-state index in [9.17, 15) is 13.7 Å². The summed E-state index contributed by atoms with van der Waals surface area (Å²) in [5.74, 6) is -0.190. The third-order valence-corrected chi connectivity index (χ3v) is 5.56. The van der Waals surface area contributed by atoms with Crippen LogP contribution in [-0.4, -0.2) is 8.42 Å². The zero-order valence-corrected chi connectivity index (χ0v) is 15.3. The molecule has 23 heavy (non-hydrogen) atoms. The van der Waals surface area contributed by atoms with Crippen molar-refractivity contribution in [2.24, 2.45) is 0 Å². The van der Waals surface area contributed by atoms with Gasteiger partial charge < -0.3 is 0 Å². The molecule has 0 N–H and O–H groups in total. The van der Waals surface area contributed by atoms with Crippen molar-refractivity contribution in [3.8, 4) is 6.07 Å². The molecule has 3 nitrogen and oxygen atoms in total. The maximum Gasteiger partial charge on any atom is 0.192 e. The molecular formula is C18H16BrNO2S. The van der Waals surface area contributed by atoms with Gasteiger partial charge in [-0.25, -0.2) is 8.42 Å². The van der Waals surface area contributed by atoms with Crippen LogP contribution in [0.1, 0.15) is 22.3 Å². The van der Waals surface area contributed by atoms with Crippen molar-refractivity contribution < 1.29 is 8.42 Å². The molecule has 0 unspecified atom stereocenters. The number of hydrogen-bond acceptors (Lipinski definition) is 3. The molecule has 0 aliphatic rings. The first kappa shape index (κ1) is 17.5. The summed E-state index contributed by atoms with van der Waals surface area (Å²) in [4.78, 5) is -0.214. The molecular weight excluding hydrogens is 374 g/mol. The van der Waals surface area contributed by atoms with Gasteiger partial charge in [-0.3, -0.25) is 0 Å². The molecule has 0 fully saturated rings. The first-order valence-corrected chi connectivity index (χ1v) is 9.42. The highest BCUT2D eigenvalue weighted by Crippen LogP contribution is 2.21. The van der Waals surface area contributed by atoms with Gasteiger partial charge in [0.2, 0.25) is 0 Å². The number of nitriles is 1. The van der Waals surface area contributed by atoms with Crippen LogP contribution in [0, 0.1) is 25.2 Å². The number of nitrogens with zero attached hydrogens (tertiary/aromatic N) is 1. The molecule has 0 saturated heterocycles. The second-order valence-electron chi connectivity index (χ2n) is 5.37. The summed E-state index contributed by atoms with van der Waals surface area (Å²) >= 11 is 3.31. The van der Waals surface area contributed by atoms with Crippen LogP contribution in [0.5, 0.6) is 0 Å². The van der Waals surface area contributed by atoms with Crippen LogP contribution in [0.3, 0.4) is 0 Å². The number of benzene rings is 2. The quantitative estimate of drug-likeness (QED) is 0.720. The summed E-state index contributed by atoms with van der Waals surface area (Å²) in [6.45, 7) is 3.82. The Labute approximate surface area is 145 Å². The maximum atomic E-state index is 12.5. The molecule has 2 aromatic rings. The molecule has 0 radical (unpaired) electrons. The fourth-order valence-corrected chi connectivity index (χ4v) is 3.62. The fourth-order valence-electron chi connectivity index (χ4n) is 2.13. The maximum absolute atomic E-state index is 12.5. The molecule has 0 bridgehead atoms. The summed E-state index contributed by atoms with van der Waals surface area (Å²) < 4.78 is 25.9. The Balaban J connectivity index is 2.39. The van der Waals surface area contributed by atoms with Crippen LogP contribution in [0.4, 0.5) is 0 Å². The van der Waals surface area contributed by atoms with E-state index in [-0.39, 0.29) is 10.7 Å². The summed E-state index contributed by atoms with van der Waals surface area (Å²) in [6.07, 6.45) is 1.45. The molecule has 2 rings (SSSR count). The van der Waals surface area contributed by atoms with Gasteiger partial charge >= 0.3 is 0 Å². The van der Waals surface area contributed by atoms with Crippen molar-refractivity contribution in [1.29, 1.82) is 5.26 Å². The predicted molar refractivity (Wildman–Crippen MR) is 96.3 cm³/mol. The lowest BCUT2D eigenvalue weighted by atomic mass is 10.1. The molecule has 118 valence electrons. The Morgan fingerprint density at radius 2 is 1.83 bits per heavy atom. The Morgan fingerprint density at radius 1 is 1.17 bits per heavy atom. The molecule has 0 aromatic heterocycles. The second-order valence-corrected chi connectivity index (χ2v) is 8.24. The minimum absolute atomic E-state index is 0.190. The number of hydrogen-bond donors (Lipinski definition) is 0. The Bertz CT molecular complexity index is 892. The third-order valence-electron chi connectivity index (χ3n) is 3.44. The van der Waals surface area contributed by atoms with Gasteiger partial charge in [0.1, 0.15) is 11.0 Å². The smallest absolute Gasteiger partial charge is 0.192 e. The van der Waals surface area contributed by atoms with E-state index in [0.717, 1.165) is 21.2 Å². The highest BCUT2D eigenvalue weighted by molar-refractivity contribution is 9.10. The first-order valence-electron chi connectivity index (χ1n) is 6.98. The summed E-state index contributed by atoms with van der Waals surface area (Å²) in [7, 11) is -3.68. The molecule has 0 aliphatic carbocycles. The zero-order valence-electron chi connectivity index (χ0n) is 12.9. The molecule has 0 saturated carbocycles. The SMILES string of the molecule is Cc1ccc(C)c(/C=C(\C#N)S(=O)(=O)Cc2ccc(Br)cc2)c1. The van der Waals surface area contributed by atoms with E-state index in [2.05, 4.69) is 15.9 Å². The van der Waals surface area contributed by atoms with E-state index in [4.69, 9.17) is 0 Å². The number of halogens is 1. The average Bonchev–Trinajstić information content (AvgIpc) is 2.50. The monoisotopic (exact) mass is 389 g/mol. The van der Waals surface area contributed by atoms with E-state index in [1.54, 1.807) is 24.3 Å². The van der Waals surface area contributed by atoms with Gasteiger partial charge in [0.05, 0.1) is 5.75 Å². The standard InChI is InChI=1S/C18H16BrNO2S/c1-13-3-4-14(2)16(9-13)10-18(11-20)23(21,22)12-15-5-7-17(19)8-6-15/h3-10H,12H2,1-2H3/b18-10+. The lowest BCUT2D eigenvalue weighted by Crippen LogP contribution is -2.06. The minimum Gasteiger partial charge on any atom is -0.223 e. The Morgan fingerprint density at radius 3 is 2.43 bits per heavy atom. The van der Waals surface area contributed by atoms with Gasteiger partial charge in [-0.15, -0.1) is 0 Å². The van der Waals surface area contributed by atoms with E-state index in [0.29, 0.717) is 5.56 Å². The number of aryl methyl sites for hydroxylation is 2. The third kappa shape index (κ3) is 4.54. The van der Waals surface area contributed by atoms with Crippen molar-refractivity contribution in [2.45, 2.75) is 19.6 Å². The zero-order chi connectivity index (χ0) is 17.0. The van der Waals surface area contributed by atoms with Crippen LogP contribution in [0.25, 0.3) is 6.08 Å². The van der Waals surface area contributed by atoms with E-state index in [1.165, 1.54) is 6.08 Å². The first-order chi connectivity index (χ1) is 10.8. The lowest BCUT2D eigenvalue weighted by molar-refractivity contribution is 0.602. The Hall–Kier alpha value is -1.90. The van der Waals surface area contributed by atoms with Crippen LogP contribution >= 0.6 is 15.9 Å². The average molecular weight is 390 g/mol. The normalized spacial score (nSPS) is 12.0. The van der Waals surface area contributed by atoms with Crippen molar-refractivity contribution in [1.82, 2.24) is 0 Å². The number of sulfone groups is 1. The van der Waals surface area contributed by atoms with E-state index < -0.39 is 9.84 Å². The largest absolute Gasteiger partial charge is 0.223 e. The highest BCUT2D eigenvalue weighted by atomic mass is 79.9. The van der Waals surface area contributed by atoms with Crippen LogP contribution < -0.4 is 0 Å². The summed E-state index contributed by atoms with van der Waals surface area (Å²) in [5.41, 5.74) is 3.35. The fraction of sp³-hybridized carbons (Fsp3) is 0.167. The van der Waals surface area contributed by atoms with Crippen molar-refractivity contribution in [3.63, 3.8) is 0 Å². The number of allylic oxidation sites excluding steroid dienone is 1. The van der Waals surface area contributed by atoms with Crippen LogP contribution in [0.2, 0.25) is 0 Å². The van der Waals surface area contributed by atoms with Crippen molar-refractivity contribution in [3.05, 3.63) is 74.1 Å². The Kier molecular flexibility index (Phi) is 5.40. The molecule has 0 aliphatic heterocycles. The van der Waals surface area contributed by atoms with Crippen molar-refractivity contribution in [2.75, 3.05) is 0 Å². The highest BCUT2D eigenvalue weighted by Gasteiger charge is 2.19. The van der Waals surface area contributed by atoms with Gasteiger partial charge in [0.15, 0.2) is 9.84 Å². The van der Waals surface area contributed by atoms with Crippen LogP contribution in [-0.2, 0) is 15.6 Å². The van der Waals surface area contributed by atoms with Gasteiger partial charge in [-0.1, -0.05) is 51.8 Å².